The van der Waals surface area contributed by atoms with Crippen LogP contribution in [0.1, 0.15) is 38.7 Å². The van der Waals surface area contributed by atoms with Gasteiger partial charge >= 0.3 is 0 Å². The van der Waals surface area contributed by atoms with Crippen LogP contribution in [-0.2, 0) is 13.6 Å². The molecule has 1 aliphatic rings. The second-order valence-corrected chi connectivity index (χ2v) is 9.25. The monoisotopic (exact) mass is 460 g/mol. The molecule has 3 nitrogen and oxygen atoms in total. The van der Waals surface area contributed by atoms with Crippen LogP contribution in [0.15, 0.2) is 97.1 Å². The van der Waals surface area contributed by atoms with E-state index in [0.717, 1.165) is 44.4 Å². The first-order valence-electron chi connectivity index (χ1n) is 11.8. The summed E-state index contributed by atoms with van der Waals surface area (Å²) < 4.78 is 15.8. The van der Waals surface area contributed by atoms with Gasteiger partial charge in [0.15, 0.2) is 0 Å². The van der Waals surface area contributed by atoms with Crippen LogP contribution < -0.4 is 0 Å². The summed E-state index contributed by atoms with van der Waals surface area (Å²) in [6.45, 7) is 2.48. The zero-order valence-electron chi connectivity index (χ0n) is 19.7. The van der Waals surface area contributed by atoms with E-state index < -0.39 is 0 Å². The smallest absolute Gasteiger partial charge is 0.255 e. The summed E-state index contributed by atoms with van der Waals surface area (Å²) in [6.07, 6.45) is 0. The van der Waals surface area contributed by atoms with Gasteiger partial charge in [0, 0.05) is 35.6 Å². The van der Waals surface area contributed by atoms with Crippen molar-refractivity contribution in [1.82, 2.24) is 9.47 Å². The third-order valence-corrected chi connectivity index (χ3v) is 7.07. The number of aromatic nitrogens is 1. The van der Waals surface area contributed by atoms with Crippen LogP contribution in [-0.4, -0.2) is 15.4 Å². The summed E-state index contributed by atoms with van der Waals surface area (Å²) >= 11 is 0. The van der Waals surface area contributed by atoms with Crippen LogP contribution in [0.4, 0.5) is 4.39 Å². The first-order valence-corrected chi connectivity index (χ1v) is 11.8. The number of amides is 1. The minimum atomic E-state index is -0.281. The van der Waals surface area contributed by atoms with Gasteiger partial charge in [-0.2, -0.15) is 0 Å². The standard InChI is InChI=1S/C31H25FN2O/c1-20-11-15-22(16-12-20)29-28(26-9-5-6-10-27(26)33(29)2)30-24-7-3-4-8-25(24)31(35)34(30)19-21-13-17-23(32)18-14-21/h3-18,30H,19H2,1-2H3/t30-/m0/s1. The molecule has 4 heteroatoms. The average Bonchev–Trinajstić information content (AvgIpc) is 3.32. The molecule has 0 fully saturated rings. The van der Waals surface area contributed by atoms with E-state index in [2.05, 4.69) is 73.1 Å². The maximum Gasteiger partial charge on any atom is 0.255 e. The Morgan fingerprint density at radius 3 is 2.29 bits per heavy atom. The predicted molar refractivity (Wildman–Crippen MR) is 138 cm³/mol. The third-order valence-electron chi connectivity index (χ3n) is 7.07. The average molecular weight is 461 g/mol. The maximum absolute atomic E-state index is 13.7. The van der Waals surface area contributed by atoms with E-state index in [1.54, 1.807) is 12.1 Å². The lowest BCUT2D eigenvalue weighted by Crippen LogP contribution is -2.28. The fourth-order valence-corrected chi connectivity index (χ4v) is 5.39. The zero-order chi connectivity index (χ0) is 24.1. The first-order chi connectivity index (χ1) is 17.0. The van der Waals surface area contributed by atoms with Crippen molar-refractivity contribution < 1.29 is 9.18 Å². The lowest BCUT2D eigenvalue weighted by molar-refractivity contribution is 0.0737. The van der Waals surface area contributed by atoms with Gasteiger partial charge in [-0.3, -0.25) is 4.79 Å². The van der Waals surface area contributed by atoms with Crippen LogP contribution in [0, 0.1) is 12.7 Å². The van der Waals surface area contributed by atoms with E-state index in [4.69, 9.17) is 0 Å². The van der Waals surface area contributed by atoms with Crippen LogP contribution in [0.3, 0.4) is 0 Å². The highest BCUT2D eigenvalue weighted by atomic mass is 19.1. The molecule has 0 unspecified atom stereocenters. The zero-order valence-corrected chi connectivity index (χ0v) is 19.7. The molecule has 5 aromatic rings. The predicted octanol–water partition coefficient (Wildman–Crippen LogP) is 7.04. The normalized spacial score (nSPS) is 15.1. The minimum absolute atomic E-state index is 0.00212. The SMILES string of the molecule is Cc1ccc(-c2c([C@@H]3c4ccccc4C(=O)N3Cc3ccc(F)cc3)c3ccccc3n2C)cc1. The lowest BCUT2D eigenvalue weighted by Gasteiger charge is -2.27. The van der Waals surface area contributed by atoms with E-state index in [-0.39, 0.29) is 17.8 Å². The second-order valence-electron chi connectivity index (χ2n) is 9.25. The van der Waals surface area contributed by atoms with Gasteiger partial charge in [-0.25, -0.2) is 4.39 Å². The highest BCUT2D eigenvalue weighted by Crippen LogP contribution is 2.47. The number of benzene rings is 4. The first kappa shape index (κ1) is 21.4. The molecule has 0 bridgehead atoms. The number of para-hydroxylation sites is 1. The molecular formula is C31H25FN2O. The Balaban J connectivity index is 1.61. The number of rotatable bonds is 4. The van der Waals surface area contributed by atoms with Gasteiger partial charge in [-0.1, -0.05) is 78.4 Å². The van der Waals surface area contributed by atoms with Crippen LogP contribution >= 0.6 is 0 Å². The maximum atomic E-state index is 13.7. The molecule has 1 atom stereocenters. The fraction of sp³-hybridized carbons (Fsp3) is 0.129. The van der Waals surface area contributed by atoms with Gasteiger partial charge < -0.3 is 9.47 Å². The van der Waals surface area contributed by atoms with Crippen molar-refractivity contribution >= 4 is 16.8 Å². The second kappa shape index (κ2) is 8.24. The van der Waals surface area contributed by atoms with Gasteiger partial charge in [0.1, 0.15) is 5.82 Å². The van der Waals surface area contributed by atoms with Gasteiger partial charge in [0.2, 0.25) is 0 Å². The Hall–Kier alpha value is -4.18. The van der Waals surface area contributed by atoms with Crippen molar-refractivity contribution in [3.8, 4) is 11.3 Å². The summed E-state index contributed by atoms with van der Waals surface area (Å²) in [7, 11) is 2.09. The Labute approximate surface area is 204 Å². The number of carbonyl (C=O) groups is 1. The van der Waals surface area contributed by atoms with Crippen molar-refractivity contribution in [2.75, 3.05) is 0 Å². The molecule has 172 valence electrons. The number of hydrogen-bond donors (Lipinski definition) is 0. The molecule has 6 rings (SSSR count). The van der Waals surface area contributed by atoms with Crippen molar-refractivity contribution in [3.05, 3.63) is 131 Å². The van der Waals surface area contributed by atoms with E-state index in [9.17, 15) is 9.18 Å². The number of nitrogens with zero attached hydrogens (tertiary/aromatic N) is 2. The summed E-state index contributed by atoms with van der Waals surface area (Å²) in [5, 5.41) is 1.13. The molecule has 1 amide bonds. The van der Waals surface area contributed by atoms with Crippen molar-refractivity contribution in [1.29, 1.82) is 0 Å². The summed E-state index contributed by atoms with van der Waals surface area (Å²) in [6, 6.07) is 31.0. The molecule has 0 spiro atoms. The third kappa shape index (κ3) is 3.45. The molecule has 0 radical (unpaired) electrons. The number of carbonyl (C=O) groups excluding carboxylic acids is 1. The molecule has 35 heavy (non-hydrogen) atoms. The fourth-order valence-electron chi connectivity index (χ4n) is 5.39. The van der Waals surface area contributed by atoms with Crippen molar-refractivity contribution in [3.63, 3.8) is 0 Å². The van der Waals surface area contributed by atoms with Crippen LogP contribution in [0.2, 0.25) is 0 Å². The summed E-state index contributed by atoms with van der Waals surface area (Å²) in [5.41, 5.74) is 8.28. The quantitative estimate of drug-likeness (QED) is 0.282. The van der Waals surface area contributed by atoms with E-state index >= 15 is 0 Å². The molecule has 0 N–H and O–H groups in total. The molecule has 4 aromatic carbocycles. The minimum Gasteiger partial charge on any atom is -0.343 e. The summed E-state index contributed by atoms with van der Waals surface area (Å²) in [5.74, 6) is -0.283. The molecule has 1 aromatic heterocycles. The molecule has 2 heterocycles. The highest BCUT2D eigenvalue weighted by Gasteiger charge is 2.40. The molecular weight excluding hydrogens is 435 g/mol. The Morgan fingerprint density at radius 1 is 0.829 bits per heavy atom. The van der Waals surface area contributed by atoms with Gasteiger partial charge in [-0.05, 0) is 47.9 Å². The molecule has 0 saturated carbocycles. The van der Waals surface area contributed by atoms with Crippen molar-refractivity contribution in [2.45, 2.75) is 19.5 Å². The molecule has 0 saturated heterocycles. The van der Waals surface area contributed by atoms with E-state index in [0.29, 0.717) is 6.54 Å². The molecule has 0 aliphatic carbocycles. The van der Waals surface area contributed by atoms with E-state index in [1.807, 2.05) is 23.1 Å². The van der Waals surface area contributed by atoms with Crippen LogP contribution in [0.5, 0.6) is 0 Å². The van der Waals surface area contributed by atoms with E-state index in [1.165, 1.54) is 17.7 Å². The topological polar surface area (TPSA) is 25.2 Å². The number of halogens is 1. The molecule has 1 aliphatic heterocycles. The van der Waals surface area contributed by atoms with Crippen LogP contribution in [0.25, 0.3) is 22.2 Å². The number of hydrogen-bond acceptors (Lipinski definition) is 1. The Kier molecular flexibility index (Phi) is 5.03. The lowest BCUT2D eigenvalue weighted by atomic mass is 9.92. The van der Waals surface area contributed by atoms with Gasteiger partial charge in [-0.15, -0.1) is 0 Å². The van der Waals surface area contributed by atoms with Crippen molar-refractivity contribution in [2.24, 2.45) is 7.05 Å². The van der Waals surface area contributed by atoms with Gasteiger partial charge in [0.05, 0.1) is 11.7 Å². The highest BCUT2D eigenvalue weighted by molar-refractivity contribution is 6.02. The Morgan fingerprint density at radius 2 is 1.51 bits per heavy atom. The Bertz CT molecular complexity index is 1560. The number of aryl methyl sites for hydroxylation is 2. The summed E-state index contributed by atoms with van der Waals surface area (Å²) in [4.78, 5) is 15.7. The number of fused-ring (bicyclic) bond motifs is 2. The largest absolute Gasteiger partial charge is 0.343 e. The van der Waals surface area contributed by atoms with Gasteiger partial charge in [0.25, 0.3) is 5.91 Å².